The van der Waals surface area contributed by atoms with Gasteiger partial charge in [-0.2, -0.15) is 0 Å². The van der Waals surface area contributed by atoms with Crippen molar-refractivity contribution >= 4 is 23.1 Å². The van der Waals surface area contributed by atoms with Gasteiger partial charge in [0.2, 0.25) is 0 Å². The van der Waals surface area contributed by atoms with Crippen molar-refractivity contribution in [3.63, 3.8) is 0 Å². The van der Waals surface area contributed by atoms with Crippen LogP contribution in [0, 0.1) is 0 Å². The second-order valence-electron chi connectivity index (χ2n) is 3.57. The fourth-order valence-corrected chi connectivity index (χ4v) is 2.08. The third kappa shape index (κ3) is 1.40. The van der Waals surface area contributed by atoms with E-state index in [4.69, 9.17) is 0 Å². The summed E-state index contributed by atoms with van der Waals surface area (Å²) in [5.41, 5.74) is 1.26. The van der Waals surface area contributed by atoms with Gasteiger partial charge >= 0.3 is 0 Å². The molecule has 1 aromatic heterocycles. The molecule has 0 aliphatic rings. The molecule has 1 heteroatoms. The number of nitrogens with zero attached hydrogens (tertiary/aromatic N) is 1. The smallest absolute Gasteiger partial charge is 0.0488 e. The van der Waals surface area contributed by atoms with Crippen LogP contribution in [0.25, 0.3) is 23.1 Å². The number of aryl methyl sites for hydroxylation is 1. The first kappa shape index (κ1) is 9.78. The average Bonchev–Trinajstić information content (AvgIpc) is 2.54. The van der Waals surface area contributed by atoms with Crippen LogP contribution in [-0.2, 0) is 7.05 Å². The fraction of sp³-hybridized carbons (Fsp3) is 0.143. The van der Waals surface area contributed by atoms with E-state index in [1.807, 2.05) is 6.08 Å². The molecule has 0 amide bonds. The van der Waals surface area contributed by atoms with E-state index in [0.717, 1.165) is 0 Å². The second-order valence-corrected chi connectivity index (χ2v) is 3.57. The first-order valence-electron chi connectivity index (χ1n) is 5.12. The molecule has 2 rings (SSSR count). The van der Waals surface area contributed by atoms with Crippen molar-refractivity contribution < 1.29 is 0 Å². The van der Waals surface area contributed by atoms with Crippen molar-refractivity contribution in [3.05, 3.63) is 47.5 Å². The largest absolute Gasteiger partial charge is 0.344 e. The molecule has 0 N–H and O–H groups in total. The Morgan fingerprint density at radius 2 is 2.00 bits per heavy atom. The lowest BCUT2D eigenvalue weighted by atomic mass is 10.2. The molecule has 0 unspecified atom stereocenters. The Hall–Kier alpha value is -1.76. The predicted octanol–water partition coefficient (Wildman–Crippen LogP) is 1.95. The molecule has 0 aliphatic carbocycles. The number of hydrogen-bond acceptors (Lipinski definition) is 0. The van der Waals surface area contributed by atoms with Gasteiger partial charge in [-0.25, -0.2) is 0 Å². The van der Waals surface area contributed by atoms with E-state index in [2.05, 4.69) is 61.5 Å². The van der Waals surface area contributed by atoms with E-state index in [-0.39, 0.29) is 0 Å². The van der Waals surface area contributed by atoms with Gasteiger partial charge in [0.05, 0.1) is 0 Å². The average molecular weight is 197 g/mol. The normalized spacial score (nSPS) is 13.7. The van der Waals surface area contributed by atoms with Crippen LogP contribution < -0.4 is 10.6 Å². The Balaban J connectivity index is 3.13. The maximum atomic E-state index is 3.77. The van der Waals surface area contributed by atoms with Gasteiger partial charge in [-0.3, -0.25) is 0 Å². The Kier molecular flexibility index (Phi) is 2.46. The number of para-hydroxylation sites is 1. The first-order chi connectivity index (χ1) is 7.29. The summed E-state index contributed by atoms with van der Waals surface area (Å²) in [6.45, 7) is 5.83. The molecule has 0 saturated carbocycles. The second kappa shape index (κ2) is 3.77. The molecule has 0 saturated heterocycles. The van der Waals surface area contributed by atoms with E-state index in [1.54, 1.807) is 0 Å². The highest BCUT2D eigenvalue weighted by Crippen LogP contribution is 2.06. The molecule has 0 atom stereocenters. The molecule has 0 radical (unpaired) electrons. The summed E-state index contributed by atoms with van der Waals surface area (Å²) in [5.74, 6) is 0. The fourth-order valence-electron chi connectivity index (χ4n) is 2.08. The topological polar surface area (TPSA) is 4.93 Å². The van der Waals surface area contributed by atoms with Crippen LogP contribution in [0.3, 0.4) is 0 Å². The molecular weight excluding hydrogens is 182 g/mol. The van der Waals surface area contributed by atoms with Crippen molar-refractivity contribution in [1.82, 2.24) is 4.57 Å². The lowest BCUT2D eigenvalue weighted by molar-refractivity contribution is 0.924. The van der Waals surface area contributed by atoms with Gasteiger partial charge in [0.1, 0.15) is 0 Å². The predicted molar refractivity (Wildman–Crippen MR) is 67.0 cm³/mol. The molecule has 2 aromatic rings. The number of rotatable bonds is 1. The number of allylic oxidation sites excluding steroid dienone is 1. The molecule has 0 aliphatic heterocycles. The van der Waals surface area contributed by atoms with Gasteiger partial charge < -0.3 is 4.57 Å². The van der Waals surface area contributed by atoms with E-state index >= 15 is 0 Å². The quantitative estimate of drug-likeness (QED) is 0.658. The maximum absolute atomic E-state index is 3.77. The van der Waals surface area contributed by atoms with Crippen molar-refractivity contribution in [2.75, 3.05) is 0 Å². The van der Waals surface area contributed by atoms with Gasteiger partial charge in [0.25, 0.3) is 0 Å². The lowest BCUT2D eigenvalue weighted by Crippen LogP contribution is -2.26. The van der Waals surface area contributed by atoms with Gasteiger partial charge in [-0.05, 0) is 13.0 Å². The monoisotopic (exact) mass is 197 g/mol. The summed E-state index contributed by atoms with van der Waals surface area (Å²) in [7, 11) is 2.10. The van der Waals surface area contributed by atoms with Crippen LogP contribution in [0.1, 0.15) is 6.92 Å². The molecule has 76 valence electrons. The summed E-state index contributed by atoms with van der Waals surface area (Å²) < 4.78 is 2.21. The van der Waals surface area contributed by atoms with E-state index in [1.165, 1.54) is 21.5 Å². The number of hydrogen-bond donors (Lipinski definition) is 0. The van der Waals surface area contributed by atoms with Gasteiger partial charge in [0.15, 0.2) is 0 Å². The van der Waals surface area contributed by atoms with E-state index in [0.29, 0.717) is 0 Å². The molecule has 0 fully saturated rings. The molecule has 1 nitrogen and oxygen atoms in total. The van der Waals surface area contributed by atoms with Crippen LogP contribution in [0.2, 0.25) is 0 Å². The van der Waals surface area contributed by atoms with Gasteiger partial charge in [-0.1, -0.05) is 43.0 Å². The Labute approximate surface area is 89.7 Å². The summed E-state index contributed by atoms with van der Waals surface area (Å²) in [4.78, 5) is 0. The Bertz CT molecular complexity index is 615. The summed E-state index contributed by atoms with van der Waals surface area (Å²) in [5, 5.41) is 3.79. The molecule has 15 heavy (non-hydrogen) atoms. The zero-order valence-corrected chi connectivity index (χ0v) is 9.20. The zero-order valence-electron chi connectivity index (χ0n) is 9.20. The van der Waals surface area contributed by atoms with Crippen molar-refractivity contribution in [2.45, 2.75) is 6.92 Å². The van der Waals surface area contributed by atoms with Crippen molar-refractivity contribution in [3.8, 4) is 0 Å². The van der Waals surface area contributed by atoms with Crippen LogP contribution in [0.5, 0.6) is 0 Å². The molecule has 1 aromatic carbocycles. The van der Waals surface area contributed by atoms with Crippen molar-refractivity contribution in [1.29, 1.82) is 0 Å². The Morgan fingerprint density at radius 3 is 2.67 bits per heavy atom. The maximum Gasteiger partial charge on any atom is 0.0488 e. The van der Waals surface area contributed by atoms with Crippen molar-refractivity contribution in [2.24, 2.45) is 7.05 Å². The molecule has 1 heterocycles. The summed E-state index contributed by atoms with van der Waals surface area (Å²) >= 11 is 0. The van der Waals surface area contributed by atoms with Crippen LogP contribution in [0.4, 0.5) is 0 Å². The van der Waals surface area contributed by atoms with Crippen LogP contribution >= 0.6 is 0 Å². The highest BCUT2D eigenvalue weighted by molar-refractivity contribution is 5.82. The third-order valence-corrected chi connectivity index (χ3v) is 2.75. The molecule has 0 spiro atoms. The number of fused-ring (bicyclic) bond motifs is 1. The molecule has 0 bridgehead atoms. The lowest BCUT2D eigenvalue weighted by Gasteiger charge is -1.94. The third-order valence-electron chi connectivity index (χ3n) is 2.75. The van der Waals surface area contributed by atoms with Crippen LogP contribution in [0.15, 0.2) is 36.9 Å². The van der Waals surface area contributed by atoms with Crippen LogP contribution in [-0.4, -0.2) is 4.57 Å². The SMILES string of the molecule is C=C/C=c1\c(=C/C)n(C)c2ccccc12. The summed E-state index contributed by atoms with van der Waals surface area (Å²) in [6, 6.07) is 8.43. The minimum absolute atomic E-state index is 1.25. The zero-order chi connectivity index (χ0) is 10.8. The summed E-state index contributed by atoms with van der Waals surface area (Å²) in [6.07, 6.45) is 6.04. The number of aromatic nitrogens is 1. The number of benzene rings is 1. The van der Waals surface area contributed by atoms with Gasteiger partial charge in [0, 0.05) is 28.5 Å². The highest BCUT2D eigenvalue weighted by atomic mass is 14.9. The molecular formula is C14H15N. The Morgan fingerprint density at radius 1 is 1.27 bits per heavy atom. The minimum atomic E-state index is 1.25. The first-order valence-corrected chi connectivity index (χ1v) is 5.12. The van der Waals surface area contributed by atoms with E-state index in [9.17, 15) is 0 Å². The van der Waals surface area contributed by atoms with Gasteiger partial charge in [-0.15, -0.1) is 0 Å². The standard InChI is InChI=1S/C14H15N/c1-4-8-11-12-9-6-7-10-14(12)15(3)13(11)5-2/h4-10H,1H2,2-3H3/b11-8-,13-5+. The highest BCUT2D eigenvalue weighted by Gasteiger charge is 2.01. The van der Waals surface area contributed by atoms with E-state index < -0.39 is 0 Å². The minimum Gasteiger partial charge on any atom is -0.344 e.